The van der Waals surface area contributed by atoms with Crippen molar-refractivity contribution in [3.8, 4) is 0 Å². The molecule has 0 aliphatic carbocycles. The van der Waals surface area contributed by atoms with Gasteiger partial charge in [-0.3, -0.25) is 9.78 Å². The number of hydrogen-bond acceptors (Lipinski definition) is 4. The van der Waals surface area contributed by atoms with Crippen molar-refractivity contribution >= 4 is 11.7 Å². The molecule has 0 aliphatic rings. The minimum absolute atomic E-state index is 0.0344. The summed E-state index contributed by atoms with van der Waals surface area (Å²) in [7, 11) is 0. The van der Waals surface area contributed by atoms with Gasteiger partial charge in [0.1, 0.15) is 5.69 Å². The van der Waals surface area contributed by atoms with Gasteiger partial charge in [-0.2, -0.15) is 0 Å². The third-order valence-corrected chi connectivity index (χ3v) is 3.12. The van der Waals surface area contributed by atoms with Gasteiger partial charge < -0.3 is 16.3 Å². The van der Waals surface area contributed by atoms with Crippen LogP contribution in [0.2, 0.25) is 0 Å². The Bertz CT molecular complexity index is 454. The molecule has 0 spiro atoms. The monoisotopic (exact) mass is 264 g/mol. The fourth-order valence-electron chi connectivity index (χ4n) is 1.32. The molecule has 1 unspecified atom stereocenters. The number of aromatic nitrogens is 1. The molecule has 6 heteroatoms. The first-order chi connectivity index (χ1) is 8.95. The topological polar surface area (TPSA) is 101 Å². The van der Waals surface area contributed by atoms with Gasteiger partial charge in [0.2, 0.25) is 0 Å². The first kappa shape index (κ1) is 14.9. The van der Waals surface area contributed by atoms with E-state index in [4.69, 9.17) is 10.9 Å². The zero-order valence-electron chi connectivity index (χ0n) is 11.4. The molecule has 4 N–H and O–H groups in total. The molecule has 6 nitrogen and oxygen atoms in total. The highest BCUT2D eigenvalue weighted by molar-refractivity contribution is 5.98. The molecule has 0 aromatic carbocycles. The van der Waals surface area contributed by atoms with Crippen LogP contribution in [0.25, 0.3) is 0 Å². The number of rotatable bonds is 5. The van der Waals surface area contributed by atoms with Gasteiger partial charge in [-0.15, -0.1) is 0 Å². The molecule has 19 heavy (non-hydrogen) atoms. The molecule has 0 aliphatic heterocycles. The lowest BCUT2D eigenvalue weighted by Gasteiger charge is -2.15. The average molecular weight is 264 g/mol. The highest BCUT2D eigenvalue weighted by Gasteiger charge is 2.11. The standard InChI is InChI=1S/C13H20N4O2/c1-8(2)9(3)6-16-13(18)11-5-4-10(7-15-11)12(14)17-19/h4-5,7-9,19H,6H2,1-3H3,(H2,14,17)(H,16,18). The van der Waals surface area contributed by atoms with E-state index in [0.29, 0.717) is 29.6 Å². The number of nitrogens with zero attached hydrogens (tertiary/aromatic N) is 2. The summed E-state index contributed by atoms with van der Waals surface area (Å²) in [6.07, 6.45) is 1.40. The van der Waals surface area contributed by atoms with E-state index in [-0.39, 0.29) is 11.7 Å². The lowest BCUT2D eigenvalue weighted by atomic mass is 9.98. The van der Waals surface area contributed by atoms with Gasteiger partial charge in [-0.25, -0.2) is 0 Å². The molecule has 1 heterocycles. The number of amidine groups is 1. The molecular weight excluding hydrogens is 244 g/mol. The Hall–Kier alpha value is -2.11. The van der Waals surface area contributed by atoms with Gasteiger partial charge in [-0.1, -0.05) is 25.9 Å². The van der Waals surface area contributed by atoms with Gasteiger partial charge >= 0.3 is 0 Å². The van der Waals surface area contributed by atoms with Crippen LogP contribution < -0.4 is 11.1 Å². The smallest absolute Gasteiger partial charge is 0.269 e. The number of hydrogen-bond donors (Lipinski definition) is 3. The molecule has 0 fully saturated rings. The number of carbonyl (C=O) groups is 1. The number of amides is 1. The van der Waals surface area contributed by atoms with Crippen molar-refractivity contribution in [3.05, 3.63) is 29.6 Å². The minimum atomic E-state index is -0.224. The van der Waals surface area contributed by atoms with E-state index >= 15 is 0 Å². The summed E-state index contributed by atoms with van der Waals surface area (Å²) in [5.41, 5.74) is 6.19. The maximum absolute atomic E-state index is 11.8. The lowest BCUT2D eigenvalue weighted by molar-refractivity contribution is 0.0940. The van der Waals surface area contributed by atoms with E-state index in [1.807, 2.05) is 0 Å². The molecular formula is C13H20N4O2. The second kappa shape index (κ2) is 6.72. The van der Waals surface area contributed by atoms with E-state index in [1.54, 1.807) is 12.1 Å². The summed E-state index contributed by atoms with van der Waals surface area (Å²) in [6.45, 7) is 6.92. The quantitative estimate of drug-likeness (QED) is 0.322. The van der Waals surface area contributed by atoms with Crippen molar-refractivity contribution < 1.29 is 10.0 Å². The first-order valence-corrected chi connectivity index (χ1v) is 6.17. The van der Waals surface area contributed by atoms with Gasteiger partial charge in [-0.05, 0) is 24.0 Å². The van der Waals surface area contributed by atoms with Crippen molar-refractivity contribution in [2.75, 3.05) is 6.54 Å². The van der Waals surface area contributed by atoms with Crippen LogP contribution in [0.1, 0.15) is 36.8 Å². The van der Waals surface area contributed by atoms with E-state index in [9.17, 15) is 4.79 Å². The Morgan fingerprint density at radius 2 is 2.16 bits per heavy atom. The van der Waals surface area contributed by atoms with Crippen LogP contribution in [0.3, 0.4) is 0 Å². The third-order valence-electron chi connectivity index (χ3n) is 3.12. The van der Waals surface area contributed by atoms with E-state index in [0.717, 1.165) is 0 Å². The Morgan fingerprint density at radius 1 is 1.47 bits per heavy atom. The van der Waals surface area contributed by atoms with Gasteiger partial charge in [0, 0.05) is 18.3 Å². The Labute approximate surface area is 112 Å². The average Bonchev–Trinajstić information content (AvgIpc) is 2.43. The molecule has 1 amide bonds. The number of carbonyl (C=O) groups excluding carboxylic acids is 1. The summed E-state index contributed by atoms with van der Waals surface area (Å²) < 4.78 is 0. The van der Waals surface area contributed by atoms with Gasteiger partial charge in [0.05, 0.1) is 0 Å². The molecule has 0 saturated carbocycles. The van der Waals surface area contributed by atoms with Crippen LogP contribution in [0.5, 0.6) is 0 Å². The van der Waals surface area contributed by atoms with E-state index < -0.39 is 0 Å². The number of oxime groups is 1. The second-order valence-electron chi connectivity index (χ2n) is 4.85. The van der Waals surface area contributed by atoms with Crippen molar-refractivity contribution in [3.63, 3.8) is 0 Å². The SMILES string of the molecule is CC(C)C(C)CNC(=O)c1ccc(C(N)=NO)cn1. The number of nitrogens with two attached hydrogens (primary N) is 1. The van der Waals surface area contributed by atoms with Crippen molar-refractivity contribution in [2.24, 2.45) is 22.7 Å². The molecule has 0 bridgehead atoms. The normalized spacial score (nSPS) is 13.4. The Balaban J connectivity index is 2.63. The molecule has 0 radical (unpaired) electrons. The van der Waals surface area contributed by atoms with Crippen LogP contribution in [0, 0.1) is 11.8 Å². The highest BCUT2D eigenvalue weighted by atomic mass is 16.4. The fourth-order valence-corrected chi connectivity index (χ4v) is 1.32. The molecule has 1 aromatic rings. The molecule has 104 valence electrons. The van der Waals surface area contributed by atoms with Crippen LogP contribution in [0.4, 0.5) is 0 Å². The third kappa shape index (κ3) is 4.24. The predicted octanol–water partition coefficient (Wildman–Crippen LogP) is 1.20. The zero-order chi connectivity index (χ0) is 14.4. The fraction of sp³-hybridized carbons (Fsp3) is 0.462. The summed E-state index contributed by atoms with van der Waals surface area (Å²) in [6, 6.07) is 3.13. The van der Waals surface area contributed by atoms with Crippen LogP contribution in [0.15, 0.2) is 23.5 Å². The van der Waals surface area contributed by atoms with Crippen molar-refractivity contribution in [1.29, 1.82) is 0 Å². The van der Waals surface area contributed by atoms with Crippen LogP contribution in [-0.4, -0.2) is 28.5 Å². The summed E-state index contributed by atoms with van der Waals surface area (Å²) >= 11 is 0. The molecule has 1 aromatic heterocycles. The second-order valence-corrected chi connectivity index (χ2v) is 4.85. The minimum Gasteiger partial charge on any atom is -0.409 e. The molecule has 0 saturated heterocycles. The van der Waals surface area contributed by atoms with Gasteiger partial charge in [0.25, 0.3) is 5.91 Å². The lowest BCUT2D eigenvalue weighted by Crippen LogP contribution is -2.30. The van der Waals surface area contributed by atoms with E-state index in [2.05, 4.69) is 36.2 Å². The van der Waals surface area contributed by atoms with Crippen LogP contribution in [-0.2, 0) is 0 Å². The first-order valence-electron chi connectivity index (χ1n) is 6.17. The van der Waals surface area contributed by atoms with Crippen molar-refractivity contribution in [1.82, 2.24) is 10.3 Å². The molecule has 1 atom stereocenters. The summed E-state index contributed by atoms with van der Waals surface area (Å²) in [4.78, 5) is 15.8. The summed E-state index contributed by atoms with van der Waals surface area (Å²) in [5.74, 6) is 0.656. The Kier molecular flexibility index (Phi) is 5.29. The van der Waals surface area contributed by atoms with Crippen LogP contribution >= 0.6 is 0 Å². The Morgan fingerprint density at radius 3 is 2.63 bits per heavy atom. The van der Waals surface area contributed by atoms with E-state index in [1.165, 1.54) is 6.20 Å². The maximum Gasteiger partial charge on any atom is 0.269 e. The number of nitrogens with one attached hydrogen (secondary N) is 1. The van der Waals surface area contributed by atoms with Crippen molar-refractivity contribution in [2.45, 2.75) is 20.8 Å². The van der Waals surface area contributed by atoms with Gasteiger partial charge in [0.15, 0.2) is 5.84 Å². The zero-order valence-corrected chi connectivity index (χ0v) is 11.4. The highest BCUT2D eigenvalue weighted by Crippen LogP contribution is 2.08. The predicted molar refractivity (Wildman–Crippen MR) is 73.1 cm³/mol. The number of pyridine rings is 1. The largest absolute Gasteiger partial charge is 0.409 e. The maximum atomic E-state index is 11.8. The summed E-state index contributed by atoms with van der Waals surface area (Å²) in [5, 5.41) is 14.2. The molecule has 1 rings (SSSR count).